The molecular weight excluding hydrogens is 251 g/mol. The molecule has 0 aromatic carbocycles. The monoisotopic (exact) mass is 267 g/mol. The maximum atomic E-state index is 12.0. The van der Waals surface area contributed by atoms with E-state index >= 15 is 0 Å². The third-order valence-electron chi connectivity index (χ3n) is 2.32. The van der Waals surface area contributed by atoms with E-state index in [-0.39, 0.29) is 12.6 Å². The second kappa shape index (κ2) is 5.84. The molecule has 0 saturated carbocycles. The van der Waals surface area contributed by atoms with Gasteiger partial charge in [-0.25, -0.2) is 0 Å². The number of rotatable bonds is 5. The lowest BCUT2D eigenvalue weighted by atomic mass is 10.1. The van der Waals surface area contributed by atoms with Crippen LogP contribution in [-0.4, -0.2) is 18.8 Å². The summed E-state index contributed by atoms with van der Waals surface area (Å²) in [6.07, 6.45) is -5.59. The van der Waals surface area contributed by atoms with E-state index in [1.165, 1.54) is 11.3 Å². The number of halogens is 3. The van der Waals surface area contributed by atoms with E-state index in [0.29, 0.717) is 0 Å². The summed E-state index contributed by atoms with van der Waals surface area (Å²) in [6.45, 7) is 3.28. The van der Waals surface area contributed by atoms with Crippen LogP contribution in [-0.2, 0) is 4.74 Å². The van der Waals surface area contributed by atoms with Crippen molar-refractivity contribution in [2.24, 2.45) is 5.73 Å². The molecule has 0 spiro atoms. The van der Waals surface area contributed by atoms with Gasteiger partial charge in [-0.2, -0.15) is 13.2 Å². The van der Waals surface area contributed by atoms with E-state index in [0.717, 1.165) is 10.4 Å². The van der Waals surface area contributed by atoms with Crippen LogP contribution < -0.4 is 5.73 Å². The van der Waals surface area contributed by atoms with Crippen molar-refractivity contribution in [2.45, 2.75) is 38.6 Å². The smallest absolute Gasteiger partial charge is 0.371 e. The first-order valence-corrected chi connectivity index (χ1v) is 6.17. The van der Waals surface area contributed by atoms with Gasteiger partial charge in [0.1, 0.15) is 6.10 Å². The first-order chi connectivity index (χ1) is 7.81. The fraction of sp³-hybridized carbons (Fsp3) is 0.636. The predicted molar refractivity (Wildman–Crippen MR) is 62.1 cm³/mol. The highest BCUT2D eigenvalue weighted by Gasteiger charge is 2.28. The molecule has 0 fully saturated rings. The quantitative estimate of drug-likeness (QED) is 0.887. The van der Waals surface area contributed by atoms with Crippen molar-refractivity contribution in [3.8, 4) is 0 Å². The van der Waals surface area contributed by atoms with Crippen molar-refractivity contribution in [3.05, 3.63) is 21.9 Å². The van der Waals surface area contributed by atoms with Crippen LogP contribution in [0.25, 0.3) is 0 Å². The van der Waals surface area contributed by atoms with Gasteiger partial charge in [0.15, 0.2) is 0 Å². The van der Waals surface area contributed by atoms with Gasteiger partial charge in [0.05, 0.1) is 13.0 Å². The first-order valence-electron chi connectivity index (χ1n) is 5.29. The molecule has 1 rings (SSSR count). The van der Waals surface area contributed by atoms with Gasteiger partial charge in [0, 0.05) is 10.9 Å². The van der Waals surface area contributed by atoms with Crippen molar-refractivity contribution >= 4 is 11.3 Å². The number of hydrogen-bond donors (Lipinski definition) is 1. The van der Waals surface area contributed by atoms with E-state index in [9.17, 15) is 13.2 Å². The minimum absolute atomic E-state index is 0.333. The van der Waals surface area contributed by atoms with Crippen molar-refractivity contribution in [3.63, 3.8) is 0 Å². The number of nitrogens with two attached hydrogens (primary N) is 1. The van der Waals surface area contributed by atoms with Crippen LogP contribution in [0, 0.1) is 6.92 Å². The molecule has 0 bridgehead atoms. The van der Waals surface area contributed by atoms with Crippen LogP contribution in [0.5, 0.6) is 0 Å². The number of aryl methyl sites for hydroxylation is 1. The summed E-state index contributed by atoms with van der Waals surface area (Å²) in [5, 5.41) is 1.88. The molecule has 2 unspecified atom stereocenters. The van der Waals surface area contributed by atoms with E-state index in [4.69, 9.17) is 10.5 Å². The summed E-state index contributed by atoms with van der Waals surface area (Å²) in [6, 6.07) is 1.57. The van der Waals surface area contributed by atoms with Crippen LogP contribution in [0.4, 0.5) is 13.2 Å². The van der Waals surface area contributed by atoms with Gasteiger partial charge in [-0.1, -0.05) is 0 Å². The standard InChI is InChI=1S/C11H16F3NOS/c1-7-3-6-17-10(7)9(8(2)15)16-5-4-11(12,13)14/h3,6,8-9H,4-5,15H2,1-2H3. The normalized spacial score (nSPS) is 15.9. The van der Waals surface area contributed by atoms with Crippen molar-refractivity contribution < 1.29 is 17.9 Å². The summed E-state index contributed by atoms with van der Waals surface area (Å²) in [7, 11) is 0. The third kappa shape index (κ3) is 4.65. The van der Waals surface area contributed by atoms with E-state index < -0.39 is 18.7 Å². The zero-order valence-corrected chi connectivity index (χ0v) is 10.6. The minimum Gasteiger partial charge on any atom is -0.371 e. The molecule has 6 heteroatoms. The number of ether oxygens (including phenoxy) is 1. The highest BCUT2D eigenvalue weighted by Crippen LogP contribution is 2.30. The Hall–Kier alpha value is -0.590. The molecule has 0 amide bonds. The molecule has 1 aromatic rings. The van der Waals surface area contributed by atoms with Crippen molar-refractivity contribution in [1.82, 2.24) is 0 Å². The molecule has 2 nitrogen and oxygen atoms in total. The Morgan fingerprint density at radius 1 is 1.47 bits per heavy atom. The molecule has 0 aliphatic heterocycles. The van der Waals surface area contributed by atoms with Gasteiger partial charge in [-0.05, 0) is 30.9 Å². The Kier molecular flexibility index (Phi) is 4.97. The maximum absolute atomic E-state index is 12.0. The van der Waals surface area contributed by atoms with E-state index in [1.54, 1.807) is 6.92 Å². The van der Waals surface area contributed by atoms with Gasteiger partial charge < -0.3 is 10.5 Å². The van der Waals surface area contributed by atoms with Crippen molar-refractivity contribution in [2.75, 3.05) is 6.61 Å². The molecule has 98 valence electrons. The van der Waals surface area contributed by atoms with Gasteiger partial charge in [0.25, 0.3) is 0 Å². The lowest BCUT2D eigenvalue weighted by Crippen LogP contribution is -2.28. The van der Waals surface area contributed by atoms with Gasteiger partial charge in [-0.15, -0.1) is 11.3 Å². The first kappa shape index (κ1) is 14.5. The van der Waals surface area contributed by atoms with Gasteiger partial charge in [0.2, 0.25) is 0 Å². The molecular formula is C11H16F3NOS. The average Bonchev–Trinajstić information content (AvgIpc) is 2.57. The Morgan fingerprint density at radius 2 is 2.12 bits per heavy atom. The second-order valence-electron chi connectivity index (χ2n) is 3.98. The fourth-order valence-electron chi connectivity index (χ4n) is 1.44. The van der Waals surface area contributed by atoms with Crippen LogP contribution in [0.2, 0.25) is 0 Å². The topological polar surface area (TPSA) is 35.2 Å². The number of hydrogen-bond acceptors (Lipinski definition) is 3. The Bertz CT molecular complexity index is 349. The van der Waals surface area contributed by atoms with E-state index in [2.05, 4.69) is 0 Å². The van der Waals surface area contributed by atoms with Crippen LogP contribution in [0.3, 0.4) is 0 Å². The van der Waals surface area contributed by atoms with Gasteiger partial charge >= 0.3 is 6.18 Å². The highest BCUT2D eigenvalue weighted by atomic mass is 32.1. The molecule has 1 heterocycles. The predicted octanol–water partition coefficient (Wildman–Crippen LogP) is 3.41. The lowest BCUT2D eigenvalue weighted by molar-refractivity contribution is -0.150. The summed E-state index contributed by atoms with van der Waals surface area (Å²) >= 11 is 1.46. The largest absolute Gasteiger partial charge is 0.391 e. The Morgan fingerprint density at radius 3 is 2.53 bits per heavy atom. The van der Waals surface area contributed by atoms with Crippen LogP contribution in [0.15, 0.2) is 11.4 Å². The molecule has 0 saturated heterocycles. The summed E-state index contributed by atoms with van der Waals surface area (Å²) in [5.41, 5.74) is 6.75. The SMILES string of the molecule is Cc1ccsc1C(OCCC(F)(F)F)C(C)N. The molecule has 1 aromatic heterocycles. The molecule has 2 atom stereocenters. The Labute approximate surface area is 103 Å². The zero-order valence-electron chi connectivity index (χ0n) is 9.75. The summed E-state index contributed by atoms with van der Waals surface area (Å²) < 4.78 is 41.3. The molecule has 0 radical (unpaired) electrons. The zero-order chi connectivity index (χ0) is 13.1. The fourth-order valence-corrected chi connectivity index (χ4v) is 2.53. The molecule has 17 heavy (non-hydrogen) atoms. The molecule has 0 aliphatic carbocycles. The lowest BCUT2D eigenvalue weighted by Gasteiger charge is -2.21. The number of alkyl halides is 3. The van der Waals surface area contributed by atoms with Crippen LogP contribution in [0.1, 0.15) is 29.9 Å². The van der Waals surface area contributed by atoms with Crippen LogP contribution >= 0.6 is 11.3 Å². The summed E-state index contributed by atoms with van der Waals surface area (Å²) in [5.74, 6) is 0. The average molecular weight is 267 g/mol. The molecule has 2 N–H and O–H groups in total. The summed E-state index contributed by atoms with van der Waals surface area (Å²) in [4.78, 5) is 0.905. The molecule has 0 aliphatic rings. The second-order valence-corrected chi connectivity index (χ2v) is 4.93. The third-order valence-corrected chi connectivity index (χ3v) is 3.40. The maximum Gasteiger partial charge on any atom is 0.391 e. The van der Waals surface area contributed by atoms with Gasteiger partial charge in [-0.3, -0.25) is 0 Å². The minimum atomic E-state index is -4.19. The Balaban J connectivity index is 2.60. The van der Waals surface area contributed by atoms with Crippen molar-refractivity contribution in [1.29, 1.82) is 0 Å². The number of thiophene rings is 1. The van der Waals surface area contributed by atoms with E-state index in [1.807, 2.05) is 18.4 Å². The highest BCUT2D eigenvalue weighted by molar-refractivity contribution is 7.10.